The molecule has 0 aromatic heterocycles. The van der Waals surface area contributed by atoms with E-state index in [0.29, 0.717) is 12.5 Å². The Labute approximate surface area is 179 Å². The summed E-state index contributed by atoms with van der Waals surface area (Å²) in [6.45, 7) is 9.86. The highest BCUT2D eigenvalue weighted by Crippen LogP contribution is 2.36. The summed E-state index contributed by atoms with van der Waals surface area (Å²) in [6, 6.07) is 17.2. The van der Waals surface area contributed by atoms with E-state index in [1.807, 2.05) is 11.8 Å². The van der Waals surface area contributed by atoms with Crippen molar-refractivity contribution in [2.45, 2.75) is 13.8 Å². The molecule has 1 unspecified atom stereocenters. The number of ether oxygens (including phenoxy) is 1. The molecule has 1 amide bonds. The van der Waals surface area contributed by atoms with Gasteiger partial charge < -0.3 is 14.5 Å². The number of carbonyl (C=O) groups excluding carboxylic acids is 1. The molecule has 30 heavy (non-hydrogen) atoms. The van der Waals surface area contributed by atoms with Crippen LogP contribution in [-0.4, -0.2) is 61.8 Å². The maximum absolute atomic E-state index is 11.9. The Morgan fingerprint density at radius 2 is 1.47 bits per heavy atom. The summed E-state index contributed by atoms with van der Waals surface area (Å²) >= 11 is 0. The van der Waals surface area contributed by atoms with Gasteiger partial charge in [0, 0.05) is 50.6 Å². The minimum absolute atomic E-state index is 0.185. The van der Waals surface area contributed by atoms with Crippen LogP contribution in [0.2, 0.25) is 0 Å². The average Bonchev–Trinajstić information content (AvgIpc) is 2.92. The molecular weight excluding hydrogens is 374 g/mol. The molecule has 0 bridgehead atoms. The summed E-state index contributed by atoms with van der Waals surface area (Å²) in [5.74, 6) is 0.485. The molecule has 0 radical (unpaired) electrons. The molecule has 5 nitrogen and oxygen atoms in total. The van der Waals surface area contributed by atoms with E-state index in [1.54, 1.807) is 0 Å². The first-order valence-corrected chi connectivity index (χ1v) is 10.9. The fourth-order valence-electron chi connectivity index (χ4n) is 4.39. The van der Waals surface area contributed by atoms with Crippen molar-refractivity contribution in [2.75, 3.05) is 50.8 Å². The van der Waals surface area contributed by atoms with Crippen LogP contribution >= 0.6 is 0 Å². The summed E-state index contributed by atoms with van der Waals surface area (Å²) in [5, 5.41) is 0. The molecule has 1 fully saturated rings. The zero-order valence-corrected chi connectivity index (χ0v) is 18.0. The summed E-state index contributed by atoms with van der Waals surface area (Å²) in [7, 11) is 0. The van der Waals surface area contributed by atoms with Gasteiger partial charge in [0.15, 0.2) is 0 Å². The lowest BCUT2D eigenvalue weighted by molar-refractivity contribution is 0.0763. The molecule has 1 saturated heterocycles. The Balaban J connectivity index is 1.43. The van der Waals surface area contributed by atoms with Gasteiger partial charge in [-0.2, -0.15) is 0 Å². The monoisotopic (exact) mass is 405 g/mol. The third kappa shape index (κ3) is 4.51. The Hall–Kier alpha value is -2.79. The van der Waals surface area contributed by atoms with Crippen LogP contribution in [0, 0.1) is 5.92 Å². The number of hydrogen-bond donors (Lipinski definition) is 0. The largest absolute Gasteiger partial charge is 0.450 e. The van der Waals surface area contributed by atoms with Crippen LogP contribution in [0.4, 0.5) is 16.2 Å². The van der Waals surface area contributed by atoms with Gasteiger partial charge >= 0.3 is 6.09 Å². The Morgan fingerprint density at radius 1 is 0.900 bits per heavy atom. The molecule has 0 spiro atoms. The number of hydrogen-bond acceptors (Lipinski definition) is 4. The maximum Gasteiger partial charge on any atom is 0.409 e. The average molecular weight is 406 g/mol. The Bertz CT molecular complexity index is 853. The SMILES string of the molecule is CCOC(=O)N1CCN(CC(C)CN2c3ccccc3C=Cc3ccccc32)CC1. The lowest BCUT2D eigenvalue weighted by Crippen LogP contribution is -2.50. The normalized spacial score (nSPS) is 17.1. The molecule has 2 heterocycles. The molecule has 158 valence electrons. The van der Waals surface area contributed by atoms with E-state index in [4.69, 9.17) is 4.74 Å². The van der Waals surface area contributed by atoms with Crippen LogP contribution in [-0.2, 0) is 4.74 Å². The van der Waals surface area contributed by atoms with Gasteiger partial charge in [-0.05, 0) is 36.1 Å². The maximum atomic E-state index is 11.9. The molecule has 2 aromatic carbocycles. The van der Waals surface area contributed by atoms with Gasteiger partial charge in [0.1, 0.15) is 0 Å². The fraction of sp³-hybridized carbons (Fsp3) is 0.400. The fourth-order valence-corrected chi connectivity index (χ4v) is 4.39. The summed E-state index contributed by atoms with van der Waals surface area (Å²) in [5.41, 5.74) is 5.03. The molecule has 1 atom stereocenters. The summed E-state index contributed by atoms with van der Waals surface area (Å²) in [4.78, 5) is 18.7. The Kier molecular flexibility index (Phi) is 6.38. The van der Waals surface area contributed by atoms with Crippen molar-refractivity contribution < 1.29 is 9.53 Å². The van der Waals surface area contributed by atoms with E-state index < -0.39 is 0 Å². The number of carbonyl (C=O) groups is 1. The van der Waals surface area contributed by atoms with Crippen molar-refractivity contribution >= 4 is 29.6 Å². The third-order valence-corrected chi connectivity index (χ3v) is 5.86. The zero-order valence-electron chi connectivity index (χ0n) is 18.0. The first-order valence-electron chi connectivity index (χ1n) is 10.9. The van der Waals surface area contributed by atoms with Crippen molar-refractivity contribution in [2.24, 2.45) is 5.92 Å². The van der Waals surface area contributed by atoms with Gasteiger partial charge in [-0.25, -0.2) is 4.79 Å². The van der Waals surface area contributed by atoms with Crippen LogP contribution < -0.4 is 4.90 Å². The predicted octanol–water partition coefficient (Wildman–Crippen LogP) is 4.72. The second-order valence-electron chi connectivity index (χ2n) is 8.15. The molecular formula is C25H31N3O2. The number of benzene rings is 2. The highest BCUT2D eigenvalue weighted by molar-refractivity contribution is 5.88. The van der Waals surface area contributed by atoms with Crippen LogP contribution in [0.5, 0.6) is 0 Å². The molecule has 5 heteroatoms. The zero-order chi connectivity index (χ0) is 20.9. The van der Waals surface area contributed by atoms with Gasteiger partial charge in [-0.15, -0.1) is 0 Å². The van der Waals surface area contributed by atoms with Gasteiger partial charge in [0.05, 0.1) is 6.61 Å². The van der Waals surface area contributed by atoms with E-state index in [9.17, 15) is 4.79 Å². The lowest BCUT2D eigenvalue weighted by Gasteiger charge is -2.36. The van der Waals surface area contributed by atoms with Crippen molar-refractivity contribution in [1.29, 1.82) is 0 Å². The molecule has 2 aromatic rings. The first kappa shape index (κ1) is 20.5. The number of anilines is 2. The van der Waals surface area contributed by atoms with Gasteiger partial charge in [-0.1, -0.05) is 55.5 Å². The molecule has 0 saturated carbocycles. The first-order chi connectivity index (χ1) is 14.7. The van der Waals surface area contributed by atoms with E-state index in [0.717, 1.165) is 39.3 Å². The van der Waals surface area contributed by atoms with Crippen LogP contribution in [0.25, 0.3) is 12.2 Å². The molecule has 0 N–H and O–H groups in total. The number of fused-ring (bicyclic) bond motifs is 2. The van der Waals surface area contributed by atoms with Crippen LogP contribution in [0.1, 0.15) is 25.0 Å². The number of para-hydroxylation sites is 2. The second-order valence-corrected chi connectivity index (χ2v) is 8.15. The van der Waals surface area contributed by atoms with Crippen molar-refractivity contribution in [3.8, 4) is 0 Å². The van der Waals surface area contributed by atoms with Crippen molar-refractivity contribution in [1.82, 2.24) is 9.80 Å². The number of rotatable bonds is 5. The minimum atomic E-state index is -0.185. The van der Waals surface area contributed by atoms with E-state index in [2.05, 4.69) is 77.4 Å². The number of amides is 1. The molecule has 2 aliphatic rings. The smallest absolute Gasteiger partial charge is 0.409 e. The third-order valence-electron chi connectivity index (χ3n) is 5.86. The van der Waals surface area contributed by atoms with Crippen LogP contribution in [0.3, 0.4) is 0 Å². The molecule has 2 aliphatic heterocycles. The number of piperazine rings is 1. The highest BCUT2D eigenvalue weighted by Gasteiger charge is 2.25. The van der Waals surface area contributed by atoms with E-state index >= 15 is 0 Å². The summed E-state index contributed by atoms with van der Waals surface area (Å²) < 4.78 is 5.13. The highest BCUT2D eigenvalue weighted by atomic mass is 16.6. The molecule has 0 aliphatic carbocycles. The second kappa shape index (κ2) is 9.35. The lowest BCUT2D eigenvalue weighted by atomic mass is 10.1. The van der Waals surface area contributed by atoms with E-state index in [-0.39, 0.29) is 6.09 Å². The number of nitrogens with zero attached hydrogens (tertiary/aromatic N) is 3. The standard InChI is InChI=1S/C25H31N3O2/c1-3-30-25(29)27-16-14-26(15-17-27)18-20(2)19-28-23-10-6-4-8-21(23)12-13-22-9-5-7-11-24(22)28/h4-13,20H,3,14-19H2,1-2H3. The van der Waals surface area contributed by atoms with E-state index in [1.165, 1.54) is 22.5 Å². The predicted molar refractivity (Wildman–Crippen MR) is 123 cm³/mol. The topological polar surface area (TPSA) is 36.0 Å². The van der Waals surface area contributed by atoms with Crippen LogP contribution in [0.15, 0.2) is 48.5 Å². The van der Waals surface area contributed by atoms with Crippen molar-refractivity contribution in [3.05, 3.63) is 59.7 Å². The van der Waals surface area contributed by atoms with Crippen molar-refractivity contribution in [3.63, 3.8) is 0 Å². The van der Waals surface area contributed by atoms with Gasteiger partial charge in [0.2, 0.25) is 0 Å². The molecule has 4 rings (SSSR count). The minimum Gasteiger partial charge on any atom is -0.450 e. The Morgan fingerprint density at radius 3 is 2.03 bits per heavy atom. The quantitative estimate of drug-likeness (QED) is 0.721. The summed E-state index contributed by atoms with van der Waals surface area (Å²) in [6.07, 6.45) is 4.25. The van der Waals surface area contributed by atoms with Gasteiger partial charge in [-0.3, -0.25) is 4.90 Å². The van der Waals surface area contributed by atoms with Gasteiger partial charge in [0.25, 0.3) is 0 Å².